The van der Waals surface area contributed by atoms with Crippen molar-refractivity contribution in [1.29, 1.82) is 0 Å². The Kier molecular flexibility index (Phi) is 5.95. The number of nitrogens with zero attached hydrogens (tertiary/aromatic N) is 5. The second-order valence-corrected chi connectivity index (χ2v) is 10.3. The molecule has 0 N–H and O–H groups in total. The Bertz CT molecular complexity index is 2180. The van der Waals surface area contributed by atoms with E-state index in [9.17, 15) is 0 Å². The van der Waals surface area contributed by atoms with Crippen LogP contribution in [-0.2, 0) is 28.0 Å². The monoisotopic (exact) mass is 731 g/mol. The van der Waals surface area contributed by atoms with Crippen molar-refractivity contribution >= 4 is 38.5 Å². The molecule has 1 aliphatic rings. The van der Waals surface area contributed by atoms with Crippen LogP contribution in [0.15, 0.2) is 97.2 Å². The number of aryl methyl sites for hydroxylation is 1. The van der Waals surface area contributed by atoms with E-state index in [0.29, 0.717) is 28.2 Å². The molecule has 7 aromatic rings. The van der Waals surface area contributed by atoms with Crippen LogP contribution in [-0.4, -0.2) is 27.2 Å². The number of aromatic nitrogens is 4. The van der Waals surface area contributed by atoms with Crippen molar-refractivity contribution in [2.75, 3.05) is 18.0 Å². The minimum absolute atomic E-state index is 0. The summed E-state index contributed by atoms with van der Waals surface area (Å²) < 4.78 is 35.2. The summed E-state index contributed by atoms with van der Waals surface area (Å²) >= 11 is 0. The summed E-state index contributed by atoms with van der Waals surface area (Å²) in [7, 11) is 0. The number of hydrogen-bond acceptors (Lipinski definition) is 3. The van der Waals surface area contributed by atoms with Crippen molar-refractivity contribution < 1.29 is 34.5 Å². The zero-order chi connectivity index (χ0) is 29.8. The average molecular weight is 732 g/mol. The molecule has 0 bridgehead atoms. The summed E-state index contributed by atoms with van der Waals surface area (Å²) in [5, 5.41) is 2.17. The van der Waals surface area contributed by atoms with Gasteiger partial charge in [0.05, 0.1) is 22.1 Å². The van der Waals surface area contributed by atoms with Gasteiger partial charge in [-0.3, -0.25) is 0 Å². The molecular formula is C35H27N5OPt-2. The Labute approximate surface area is 262 Å². The van der Waals surface area contributed by atoms with E-state index in [1.54, 1.807) is 10.6 Å². The van der Waals surface area contributed by atoms with Gasteiger partial charge in [-0.15, -0.1) is 29.7 Å². The fraction of sp³-hybridized carbons (Fsp3) is 0.143. The van der Waals surface area contributed by atoms with Crippen LogP contribution in [0, 0.1) is 18.5 Å². The van der Waals surface area contributed by atoms with Crippen molar-refractivity contribution in [2.45, 2.75) is 12.8 Å². The van der Waals surface area contributed by atoms with E-state index in [0.717, 1.165) is 40.7 Å². The third-order valence-electron chi connectivity index (χ3n) is 7.76. The summed E-state index contributed by atoms with van der Waals surface area (Å²) in [6.07, 6.45) is 7.28. The Morgan fingerprint density at radius 1 is 0.833 bits per heavy atom. The predicted molar refractivity (Wildman–Crippen MR) is 161 cm³/mol. The number of ether oxygens (including phenoxy) is 1. The van der Waals surface area contributed by atoms with Gasteiger partial charge < -0.3 is 23.3 Å². The molecule has 6 nitrogen and oxygen atoms in total. The molecule has 0 aliphatic carbocycles. The second kappa shape index (κ2) is 10.8. The van der Waals surface area contributed by atoms with Gasteiger partial charge in [-0.2, -0.15) is 18.2 Å². The van der Waals surface area contributed by atoms with Gasteiger partial charge in [0.25, 0.3) is 0 Å². The first kappa shape index (κ1) is 23.2. The van der Waals surface area contributed by atoms with E-state index < -0.39 is 6.98 Å². The van der Waals surface area contributed by atoms with Crippen LogP contribution in [0.1, 0.15) is 17.0 Å². The smallest absolute Gasteiger partial charge is 0.242 e. The van der Waals surface area contributed by atoms with Gasteiger partial charge in [0, 0.05) is 69.1 Å². The first-order valence-electron chi connectivity index (χ1n) is 15.3. The predicted octanol–water partition coefficient (Wildman–Crippen LogP) is 6.74. The van der Waals surface area contributed by atoms with Crippen LogP contribution >= 0.6 is 0 Å². The number of rotatable bonds is 5. The average Bonchev–Trinajstić information content (AvgIpc) is 3.78. The summed E-state index contributed by atoms with van der Waals surface area (Å²) in [5.74, 6) is 1.84. The number of anilines is 1. The minimum atomic E-state index is -2.37. The van der Waals surface area contributed by atoms with E-state index in [-0.39, 0.29) is 21.1 Å². The molecule has 1 fully saturated rings. The summed E-state index contributed by atoms with van der Waals surface area (Å²) in [6.45, 7) is -0.253. The van der Waals surface area contributed by atoms with E-state index in [2.05, 4.69) is 58.3 Å². The third kappa shape index (κ3) is 4.47. The molecule has 210 valence electrons. The normalized spacial score (nSPS) is 14.6. The van der Waals surface area contributed by atoms with Crippen molar-refractivity contribution in [2.24, 2.45) is 6.98 Å². The van der Waals surface area contributed by atoms with Crippen LogP contribution < -0.4 is 14.2 Å². The van der Waals surface area contributed by atoms with Gasteiger partial charge in [0.2, 0.25) is 6.33 Å². The molecule has 7 heteroatoms. The maximum atomic E-state index is 7.97. The summed E-state index contributed by atoms with van der Waals surface area (Å²) in [6, 6.07) is 36.2. The van der Waals surface area contributed by atoms with Crippen molar-refractivity contribution in [3.05, 3.63) is 116 Å². The Balaban J connectivity index is 0.00000325. The Morgan fingerprint density at radius 3 is 2.52 bits per heavy atom. The number of benzene rings is 4. The third-order valence-corrected chi connectivity index (χ3v) is 7.76. The number of fused-ring (bicyclic) bond motifs is 4. The Morgan fingerprint density at radius 2 is 1.64 bits per heavy atom. The molecule has 0 unspecified atom stereocenters. The van der Waals surface area contributed by atoms with Gasteiger partial charge in [-0.25, -0.2) is 4.98 Å². The topological polar surface area (TPSA) is 39.1 Å². The molecule has 0 amide bonds. The molecule has 42 heavy (non-hydrogen) atoms. The molecule has 0 atom stereocenters. The molecule has 4 heterocycles. The molecular weight excluding hydrogens is 701 g/mol. The van der Waals surface area contributed by atoms with E-state index in [4.69, 9.17) is 13.8 Å². The van der Waals surface area contributed by atoms with Crippen molar-refractivity contribution in [3.8, 4) is 23.0 Å². The standard InChI is InChI=1S/C35H27N5O.Pt/c1-37-24-39(33-14-5-4-13-32(33)37)26-9-8-10-27(21-26)41-28-15-16-30-29-11-2-3-12-31(29)40(34(30)23-28)35-22-25(17-18-36-35)38-19-6-7-20-38;/h2-5,8-18,22H,6-7,19-20H2,1H3;/q-2;/i1D3;. The van der Waals surface area contributed by atoms with Crippen LogP contribution in [0.2, 0.25) is 0 Å². The zero-order valence-corrected chi connectivity index (χ0v) is 24.8. The summed E-state index contributed by atoms with van der Waals surface area (Å²) in [4.78, 5) is 7.19. The molecule has 0 radical (unpaired) electrons. The first-order valence-corrected chi connectivity index (χ1v) is 13.8. The molecule has 8 rings (SSSR count). The molecule has 3 aromatic heterocycles. The number of hydrogen-bond donors (Lipinski definition) is 0. The van der Waals surface area contributed by atoms with Crippen molar-refractivity contribution in [1.82, 2.24) is 14.1 Å². The fourth-order valence-electron chi connectivity index (χ4n) is 5.85. The molecule has 0 saturated carbocycles. The summed E-state index contributed by atoms with van der Waals surface area (Å²) in [5.41, 5.74) is 4.97. The van der Waals surface area contributed by atoms with Crippen LogP contribution in [0.25, 0.3) is 44.3 Å². The molecule has 1 saturated heterocycles. The number of imidazole rings is 1. The van der Waals surface area contributed by atoms with Gasteiger partial charge >= 0.3 is 0 Å². The number of para-hydroxylation sites is 3. The molecule has 4 aromatic carbocycles. The molecule has 1 aliphatic heterocycles. The maximum absolute atomic E-state index is 7.97. The van der Waals surface area contributed by atoms with E-state index in [1.807, 2.05) is 60.8 Å². The largest absolute Gasteiger partial charge is 0.510 e. The van der Waals surface area contributed by atoms with Crippen LogP contribution in [0.3, 0.4) is 0 Å². The Hall–Kier alpha value is -4.41. The van der Waals surface area contributed by atoms with Gasteiger partial charge in [0.15, 0.2) is 0 Å². The SMILES string of the molecule is [2H]C([2H])([2H])[n+]1[c-]n(-c2[c-]c(Oc3[c-]c4c(cc3)c3ccccc3n4-c3cc(N4CCCC4)ccn3)ccc2)c2ccccc21.[Pt]. The molecule has 0 spiro atoms. The van der Waals surface area contributed by atoms with Gasteiger partial charge in [0.1, 0.15) is 5.82 Å². The van der Waals surface area contributed by atoms with Crippen molar-refractivity contribution in [3.63, 3.8) is 0 Å². The van der Waals surface area contributed by atoms with E-state index >= 15 is 0 Å². The minimum Gasteiger partial charge on any atom is -0.510 e. The maximum Gasteiger partial charge on any atom is 0.242 e. The first-order chi connectivity index (χ1) is 21.4. The quantitative estimate of drug-likeness (QED) is 0.146. The fourth-order valence-corrected chi connectivity index (χ4v) is 5.85. The van der Waals surface area contributed by atoms with E-state index in [1.165, 1.54) is 23.1 Å². The van der Waals surface area contributed by atoms with Crippen LogP contribution in [0.5, 0.6) is 11.5 Å². The zero-order valence-electron chi connectivity index (χ0n) is 25.5. The van der Waals surface area contributed by atoms with Gasteiger partial charge in [-0.1, -0.05) is 53.7 Å². The number of pyridine rings is 1. The van der Waals surface area contributed by atoms with Crippen LogP contribution in [0.4, 0.5) is 5.69 Å². The van der Waals surface area contributed by atoms with Gasteiger partial charge in [-0.05, 0) is 30.4 Å². The second-order valence-electron chi connectivity index (χ2n) is 10.3.